The molecule has 0 unspecified atom stereocenters. The van der Waals surface area contributed by atoms with Gasteiger partial charge in [-0.25, -0.2) is 0 Å². The van der Waals surface area contributed by atoms with Crippen molar-refractivity contribution in [1.29, 1.82) is 0 Å². The molecule has 1 heterocycles. The van der Waals surface area contributed by atoms with E-state index in [0.29, 0.717) is 0 Å². The van der Waals surface area contributed by atoms with Gasteiger partial charge in [0.05, 0.1) is 0 Å². The van der Waals surface area contributed by atoms with E-state index in [0.717, 1.165) is 42.3 Å². The van der Waals surface area contributed by atoms with Crippen molar-refractivity contribution in [3.8, 4) is 0 Å². The van der Waals surface area contributed by atoms with E-state index in [1.807, 2.05) is 24.3 Å². The third-order valence-electron chi connectivity index (χ3n) is 3.07. The highest BCUT2D eigenvalue weighted by Crippen LogP contribution is 2.13. The Morgan fingerprint density at radius 2 is 2.06 bits per heavy atom. The van der Waals surface area contributed by atoms with Crippen LogP contribution in [0.4, 0.5) is 0 Å². The topological polar surface area (TPSA) is 78.9 Å². The molecule has 6 heteroatoms. The highest BCUT2D eigenvalue weighted by Gasteiger charge is 2.16. The van der Waals surface area contributed by atoms with Crippen LogP contribution in [0.1, 0.15) is 11.1 Å². The first kappa shape index (κ1) is 13.0. The van der Waals surface area contributed by atoms with Crippen LogP contribution in [0.25, 0.3) is 0 Å². The molecule has 98 valence electrons. The van der Waals surface area contributed by atoms with Gasteiger partial charge in [-0.3, -0.25) is 9.11 Å². The van der Waals surface area contributed by atoms with Crippen LogP contribution in [-0.2, 0) is 17.3 Å². The van der Waals surface area contributed by atoms with Gasteiger partial charge in [0.1, 0.15) is 0 Å². The first-order valence-corrected chi connectivity index (χ1v) is 7.32. The van der Waals surface area contributed by atoms with Crippen LogP contribution >= 0.6 is 0 Å². The maximum absolute atomic E-state index is 11.3. The second-order valence-electron chi connectivity index (χ2n) is 4.27. The van der Waals surface area contributed by atoms with Gasteiger partial charge in [-0.15, -0.1) is 0 Å². The number of oxime groups is 1. The third-order valence-corrected chi connectivity index (χ3v) is 4.34. The van der Waals surface area contributed by atoms with Gasteiger partial charge in [-0.05, 0) is 5.56 Å². The van der Waals surface area contributed by atoms with Gasteiger partial charge >= 0.3 is 0 Å². The molecule has 1 aliphatic heterocycles. The monoisotopic (exact) mass is 267 g/mol. The Labute approximate surface area is 109 Å². The molecule has 0 aliphatic carbocycles. The van der Waals surface area contributed by atoms with Crippen LogP contribution in [-0.4, -0.2) is 44.7 Å². The van der Waals surface area contributed by atoms with Crippen LogP contribution in [0, 0.1) is 0 Å². The number of rotatable bonds is 3. The van der Waals surface area contributed by atoms with Crippen LogP contribution in [0.2, 0.25) is 0 Å². The van der Waals surface area contributed by atoms with Crippen molar-refractivity contribution in [3.05, 3.63) is 35.4 Å². The standard InChI is InChI=1S/C12H17N3O2S/c13-12(14-16)11-4-2-1-3-10(11)9-15-5-7-18(17)8-6-15/h1-4,16H,5-9H2,(H2,13,14). The van der Waals surface area contributed by atoms with E-state index in [1.165, 1.54) is 0 Å². The number of amidine groups is 1. The molecule has 1 aromatic rings. The summed E-state index contributed by atoms with van der Waals surface area (Å²) in [5, 5.41) is 11.8. The second-order valence-corrected chi connectivity index (χ2v) is 5.96. The molecule has 0 atom stereocenters. The Balaban J connectivity index is 2.11. The summed E-state index contributed by atoms with van der Waals surface area (Å²) >= 11 is 0. The summed E-state index contributed by atoms with van der Waals surface area (Å²) in [7, 11) is -0.665. The minimum absolute atomic E-state index is 0.131. The molecule has 3 N–H and O–H groups in total. The average Bonchev–Trinajstić information content (AvgIpc) is 2.41. The fraction of sp³-hybridized carbons (Fsp3) is 0.417. The van der Waals surface area contributed by atoms with Crippen molar-refractivity contribution in [3.63, 3.8) is 0 Å². The highest BCUT2D eigenvalue weighted by molar-refractivity contribution is 7.85. The Morgan fingerprint density at radius 3 is 2.72 bits per heavy atom. The van der Waals surface area contributed by atoms with E-state index >= 15 is 0 Å². The van der Waals surface area contributed by atoms with Crippen molar-refractivity contribution in [2.45, 2.75) is 6.54 Å². The maximum Gasteiger partial charge on any atom is 0.170 e. The van der Waals surface area contributed by atoms with E-state index in [-0.39, 0.29) is 5.84 Å². The fourth-order valence-electron chi connectivity index (χ4n) is 2.04. The molecule has 1 fully saturated rings. The van der Waals surface area contributed by atoms with Gasteiger partial charge in [-0.1, -0.05) is 29.4 Å². The van der Waals surface area contributed by atoms with E-state index < -0.39 is 10.8 Å². The fourth-order valence-corrected chi connectivity index (χ4v) is 3.16. The molecule has 0 amide bonds. The van der Waals surface area contributed by atoms with Gasteiger partial charge < -0.3 is 10.9 Å². The van der Waals surface area contributed by atoms with E-state index in [1.54, 1.807) is 0 Å². The molecular weight excluding hydrogens is 250 g/mol. The van der Waals surface area contributed by atoms with Crippen LogP contribution in [0.3, 0.4) is 0 Å². The lowest BCUT2D eigenvalue weighted by molar-refractivity contribution is 0.291. The second kappa shape index (κ2) is 5.97. The molecule has 0 aromatic heterocycles. The SMILES string of the molecule is N/C(=N/O)c1ccccc1CN1CCS(=O)CC1. The van der Waals surface area contributed by atoms with Crippen LogP contribution in [0.5, 0.6) is 0 Å². The zero-order chi connectivity index (χ0) is 13.0. The molecule has 1 saturated heterocycles. The van der Waals surface area contributed by atoms with Gasteiger partial charge in [-0.2, -0.15) is 0 Å². The predicted molar refractivity (Wildman–Crippen MR) is 72.1 cm³/mol. The number of nitrogens with zero attached hydrogens (tertiary/aromatic N) is 2. The summed E-state index contributed by atoms with van der Waals surface area (Å²) in [6, 6.07) is 7.61. The number of benzene rings is 1. The van der Waals surface area contributed by atoms with Crippen molar-refractivity contribution in [2.75, 3.05) is 24.6 Å². The summed E-state index contributed by atoms with van der Waals surface area (Å²) in [6.07, 6.45) is 0. The minimum Gasteiger partial charge on any atom is -0.409 e. The molecule has 0 bridgehead atoms. The molecule has 18 heavy (non-hydrogen) atoms. The lowest BCUT2D eigenvalue weighted by Crippen LogP contribution is -2.37. The first-order valence-electron chi connectivity index (χ1n) is 5.84. The normalized spacial score (nSPS) is 19.0. The molecule has 0 radical (unpaired) electrons. The largest absolute Gasteiger partial charge is 0.409 e. The summed E-state index contributed by atoms with van der Waals surface area (Å²) in [4.78, 5) is 2.24. The van der Waals surface area contributed by atoms with Gasteiger partial charge in [0.25, 0.3) is 0 Å². The average molecular weight is 267 g/mol. The molecule has 1 aliphatic rings. The van der Waals surface area contributed by atoms with Crippen LogP contribution in [0.15, 0.2) is 29.4 Å². The maximum atomic E-state index is 11.3. The summed E-state index contributed by atoms with van der Waals surface area (Å²) < 4.78 is 11.3. The molecule has 0 spiro atoms. The molecule has 2 rings (SSSR count). The van der Waals surface area contributed by atoms with Crippen molar-refractivity contribution >= 4 is 16.6 Å². The Kier molecular flexibility index (Phi) is 4.33. The number of hydrogen-bond acceptors (Lipinski definition) is 4. The minimum atomic E-state index is -0.665. The Bertz CT molecular complexity index is 466. The predicted octanol–water partition coefficient (Wildman–Crippen LogP) is 0.345. The summed E-state index contributed by atoms with van der Waals surface area (Å²) in [6.45, 7) is 2.40. The zero-order valence-electron chi connectivity index (χ0n) is 10.1. The molecule has 0 saturated carbocycles. The van der Waals surface area contributed by atoms with E-state index in [2.05, 4.69) is 10.1 Å². The zero-order valence-corrected chi connectivity index (χ0v) is 10.9. The third kappa shape index (κ3) is 3.08. The quantitative estimate of drug-likeness (QED) is 0.358. The van der Waals surface area contributed by atoms with Gasteiger partial charge in [0.2, 0.25) is 0 Å². The lowest BCUT2D eigenvalue weighted by Gasteiger charge is -2.26. The van der Waals surface area contributed by atoms with Crippen molar-refractivity contribution in [1.82, 2.24) is 4.90 Å². The number of hydrogen-bond donors (Lipinski definition) is 2. The molecule has 5 nitrogen and oxygen atoms in total. The highest BCUT2D eigenvalue weighted by atomic mass is 32.2. The summed E-state index contributed by atoms with van der Waals surface area (Å²) in [5.41, 5.74) is 7.44. The smallest absolute Gasteiger partial charge is 0.170 e. The first-order chi connectivity index (χ1) is 8.70. The van der Waals surface area contributed by atoms with E-state index in [9.17, 15) is 4.21 Å². The van der Waals surface area contributed by atoms with Gasteiger partial charge in [0.15, 0.2) is 5.84 Å². The van der Waals surface area contributed by atoms with Gasteiger partial charge in [0, 0.05) is 47.5 Å². The summed E-state index contributed by atoms with van der Waals surface area (Å²) in [5.74, 6) is 1.59. The Morgan fingerprint density at radius 1 is 1.39 bits per heavy atom. The van der Waals surface area contributed by atoms with E-state index in [4.69, 9.17) is 10.9 Å². The lowest BCUT2D eigenvalue weighted by atomic mass is 10.1. The Hall–Kier alpha value is -1.40. The van der Waals surface area contributed by atoms with Crippen LogP contribution < -0.4 is 5.73 Å². The van der Waals surface area contributed by atoms with Crippen molar-refractivity contribution < 1.29 is 9.42 Å². The number of nitrogens with two attached hydrogens (primary N) is 1. The van der Waals surface area contributed by atoms with Crippen molar-refractivity contribution in [2.24, 2.45) is 10.9 Å². The molecular formula is C12H17N3O2S. The molecule has 1 aromatic carbocycles.